The highest BCUT2D eigenvalue weighted by molar-refractivity contribution is 5.96. The highest BCUT2D eigenvalue weighted by Crippen LogP contribution is 2.20. The minimum atomic E-state index is -3.11. The van der Waals surface area contributed by atoms with Crippen LogP contribution in [0.15, 0.2) is 24.3 Å². The van der Waals surface area contributed by atoms with Gasteiger partial charge in [0.25, 0.3) is 12.3 Å². The van der Waals surface area contributed by atoms with Crippen LogP contribution in [0.4, 0.5) is 17.6 Å². The summed E-state index contributed by atoms with van der Waals surface area (Å²) in [4.78, 5) is 11.6. The van der Waals surface area contributed by atoms with Gasteiger partial charge in [-0.05, 0) is 12.1 Å². The zero-order valence-corrected chi connectivity index (χ0v) is 9.52. The van der Waals surface area contributed by atoms with Crippen molar-refractivity contribution in [1.82, 2.24) is 5.32 Å². The number of nitrogens with one attached hydrogen (secondary N) is 1. The van der Waals surface area contributed by atoms with Gasteiger partial charge in [0.1, 0.15) is 11.9 Å². The Morgan fingerprint density at radius 2 is 1.89 bits per heavy atom. The van der Waals surface area contributed by atoms with Gasteiger partial charge in [0, 0.05) is 6.54 Å². The molecule has 1 atom stereocenters. The Hall–Kier alpha value is -1.83. The average Bonchev–Trinajstić information content (AvgIpc) is 2.35. The second kappa shape index (κ2) is 6.93. The number of aliphatic hydroxyl groups excluding tert-OH is 1. The molecule has 2 N–H and O–H groups in total. The first-order chi connectivity index (χ1) is 8.91. The lowest BCUT2D eigenvalue weighted by Crippen LogP contribution is -2.36. The molecule has 1 aromatic rings. The highest BCUT2D eigenvalue weighted by Gasteiger charge is 2.20. The molecule has 106 valence electrons. The van der Waals surface area contributed by atoms with E-state index >= 15 is 0 Å². The summed E-state index contributed by atoms with van der Waals surface area (Å²) in [6, 6.07) is 5.12. The summed E-state index contributed by atoms with van der Waals surface area (Å²) in [6.45, 7) is -3.81. The van der Waals surface area contributed by atoms with Crippen molar-refractivity contribution in [2.75, 3.05) is 6.54 Å². The van der Waals surface area contributed by atoms with E-state index in [1.807, 2.05) is 5.32 Å². The largest absolute Gasteiger partial charge is 0.434 e. The zero-order valence-electron chi connectivity index (χ0n) is 9.52. The van der Waals surface area contributed by atoms with E-state index < -0.39 is 31.6 Å². The Kier molecular flexibility index (Phi) is 5.56. The number of rotatable bonds is 6. The van der Waals surface area contributed by atoms with Gasteiger partial charge in [-0.1, -0.05) is 12.1 Å². The fourth-order valence-electron chi connectivity index (χ4n) is 1.23. The van der Waals surface area contributed by atoms with Crippen molar-refractivity contribution in [3.63, 3.8) is 0 Å². The van der Waals surface area contributed by atoms with E-state index in [9.17, 15) is 22.4 Å². The lowest BCUT2D eigenvalue weighted by Gasteiger charge is -2.13. The van der Waals surface area contributed by atoms with Crippen LogP contribution in [-0.2, 0) is 0 Å². The molecular weight excluding hydrogens is 270 g/mol. The number of aliphatic hydroxyl groups is 1. The van der Waals surface area contributed by atoms with E-state index in [0.29, 0.717) is 0 Å². The van der Waals surface area contributed by atoms with Crippen LogP contribution in [-0.4, -0.2) is 36.7 Å². The molecule has 1 unspecified atom stereocenters. The molecule has 0 aromatic heterocycles. The molecule has 0 bridgehead atoms. The van der Waals surface area contributed by atoms with Gasteiger partial charge in [-0.3, -0.25) is 4.79 Å². The molecule has 0 saturated heterocycles. The number of carbonyl (C=O) groups is 1. The number of para-hydroxylation sites is 1. The van der Waals surface area contributed by atoms with E-state index in [0.717, 1.165) is 6.07 Å². The highest BCUT2D eigenvalue weighted by atomic mass is 19.3. The topological polar surface area (TPSA) is 58.6 Å². The number of hydrogen-bond acceptors (Lipinski definition) is 3. The van der Waals surface area contributed by atoms with Crippen LogP contribution in [0.2, 0.25) is 0 Å². The molecule has 1 amide bonds. The van der Waals surface area contributed by atoms with E-state index in [-0.39, 0.29) is 11.3 Å². The van der Waals surface area contributed by atoms with Crippen molar-refractivity contribution in [2.45, 2.75) is 19.1 Å². The molecule has 4 nitrogen and oxygen atoms in total. The van der Waals surface area contributed by atoms with E-state index in [2.05, 4.69) is 4.74 Å². The molecule has 0 aliphatic rings. The molecule has 1 rings (SSSR count). The van der Waals surface area contributed by atoms with Gasteiger partial charge in [0.15, 0.2) is 0 Å². The molecular formula is C11H11F4NO3. The Bertz CT molecular complexity index is 428. The van der Waals surface area contributed by atoms with Crippen LogP contribution < -0.4 is 10.1 Å². The van der Waals surface area contributed by atoms with Crippen molar-refractivity contribution < 1.29 is 32.2 Å². The van der Waals surface area contributed by atoms with E-state index in [4.69, 9.17) is 5.11 Å². The van der Waals surface area contributed by atoms with Gasteiger partial charge in [-0.2, -0.15) is 8.78 Å². The molecule has 0 heterocycles. The molecule has 0 aliphatic carbocycles. The monoisotopic (exact) mass is 281 g/mol. The van der Waals surface area contributed by atoms with Gasteiger partial charge in [-0.25, -0.2) is 8.78 Å². The fraction of sp³-hybridized carbons (Fsp3) is 0.364. The van der Waals surface area contributed by atoms with Gasteiger partial charge in [0.2, 0.25) is 0 Å². The lowest BCUT2D eigenvalue weighted by atomic mass is 10.2. The summed E-state index contributed by atoms with van der Waals surface area (Å²) >= 11 is 0. The molecule has 19 heavy (non-hydrogen) atoms. The molecule has 0 fully saturated rings. The first kappa shape index (κ1) is 15.2. The predicted molar refractivity (Wildman–Crippen MR) is 57.4 cm³/mol. The molecule has 0 radical (unpaired) electrons. The van der Waals surface area contributed by atoms with Crippen molar-refractivity contribution in [1.29, 1.82) is 0 Å². The Balaban J connectivity index is 2.71. The van der Waals surface area contributed by atoms with Crippen molar-refractivity contribution in [2.24, 2.45) is 0 Å². The molecule has 0 aliphatic heterocycles. The molecule has 8 heteroatoms. The molecule has 1 aromatic carbocycles. The lowest BCUT2D eigenvalue weighted by molar-refractivity contribution is -0.0501. The number of halogens is 4. The molecule has 0 saturated carbocycles. The normalized spacial score (nSPS) is 12.6. The maximum absolute atomic E-state index is 12.1. The average molecular weight is 281 g/mol. The SMILES string of the molecule is O=C(NCC(O)C(F)F)c1ccccc1OC(F)F. The van der Waals surface area contributed by atoms with Gasteiger partial charge in [-0.15, -0.1) is 0 Å². The summed E-state index contributed by atoms with van der Waals surface area (Å²) in [5.41, 5.74) is -0.232. The maximum atomic E-state index is 12.1. The van der Waals surface area contributed by atoms with Crippen LogP contribution in [0.25, 0.3) is 0 Å². The van der Waals surface area contributed by atoms with Crippen molar-refractivity contribution >= 4 is 5.91 Å². The predicted octanol–water partition coefficient (Wildman–Crippen LogP) is 1.64. The second-order valence-corrected chi connectivity index (χ2v) is 3.49. The first-order valence-corrected chi connectivity index (χ1v) is 5.20. The number of carbonyl (C=O) groups excluding carboxylic acids is 1. The minimum absolute atomic E-state index is 0.232. The minimum Gasteiger partial charge on any atom is -0.434 e. The summed E-state index contributed by atoms with van der Waals surface area (Å²) in [7, 11) is 0. The maximum Gasteiger partial charge on any atom is 0.387 e. The third kappa shape index (κ3) is 4.74. The summed E-state index contributed by atoms with van der Waals surface area (Å²) in [6.07, 6.45) is -5.03. The molecule has 0 spiro atoms. The number of amides is 1. The Morgan fingerprint density at radius 3 is 2.47 bits per heavy atom. The summed E-state index contributed by atoms with van der Waals surface area (Å²) in [5, 5.41) is 10.8. The smallest absolute Gasteiger partial charge is 0.387 e. The van der Waals surface area contributed by atoms with Gasteiger partial charge in [0.05, 0.1) is 5.56 Å². The van der Waals surface area contributed by atoms with Gasteiger partial charge < -0.3 is 15.2 Å². The number of ether oxygens (including phenoxy) is 1. The number of alkyl halides is 4. The van der Waals surface area contributed by atoms with E-state index in [1.54, 1.807) is 0 Å². The second-order valence-electron chi connectivity index (χ2n) is 3.49. The van der Waals surface area contributed by atoms with Crippen LogP contribution >= 0.6 is 0 Å². The van der Waals surface area contributed by atoms with Crippen LogP contribution in [0.1, 0.15) is 10.4 Å². The summed E-state index contributed by atoms with van der Waals surface area (Å²) < 4.78 is 52.3. The standard InChI is InChI=1S/C11H11F4NO3/c12-9(13)7(17)5-16-10(18)6-3-1-2-4-8(6)19-11(14)15/h1-4,7,9,11,17H,5H2,(H,16,18). The van der Waals surface area contributed by atoms with Crippen LogP contribution in [0.5, 0.6) is 5.75 Å². The van der Waals surface area contributed by atoms with Crippen molar-refractivity contribution in [3.8, 4) is 5.75 Å². The quantitative estimate of drug-likeness (QED) is 0.779. The summed E-state index contributed by atoms with van der Waals surface area (Å²) in [5.74, 6) is -1.27. The van der Waals surface area contributed by atoms with Crippen molar-refractivity contribution in [3.05, 3.63) is 29.8 Å². The zero-order chi connectivity index (χ0) is 14.4. The van der Waals surface area contributed by atoms with E-state index in [1.165, 1.54) is 18.2 Å². The van der Waals surface area contributed by atoms with Crippen LogP contribution in [0.3, 0.4) is 0 Å². The third-order valence-corrected chi connectivity index (χ3v) is 2.11. The first-order valence-electron chi connectivity index (χ1n) is 5.20. The van der Waals surface area contributed by atoms with Crippen LogP contribution in [0, 0.1) is 0 Å². The number of hydrogen-bond donors (Lipinski definition) is 2. The fourth-order valence-corrected chi connectivity index (χ4v) is 1.23. The Labute approximate surface area is 106 Å². The third-order valence-electron chi connectivity index (χ3n) is 2.11. The Morgan fingerprint density at radius 1 is 1.26 bits per heavy atom. The number of benzene rings is 1. The van der Waals surface area contributed by atoms with Gasteiger partial charge >= 0.3 is 6.61 Å².